The standard InChI is InChI=1S/C11H8N4O7S/c16-10(22-23(19)20)12-9-8(14-18)6-15(13-9)11(17)21-7-4-2-1-3-5-7/h1-6H,(H,19,20)(H,12,13,16)/p-1. The van der Waals surface area contributed by atoms with Gasteiger partial charge in [-0.3, -0.25) is 5.32 Å². The van der Waals surface area contributed by atoms with E-state index in [1.165, 1.54) is 12.1 Å². The van der Waals surface area contributed by atoms with Crippen LogP contribution >= 0.6 is 0 Å². The molecule has 0 saturated carbocycles. The Bertz CT molecular complexity index is 761. The molecule has 1 amide bonds. The number of carbonyl (C=O) groups excluding carboxylic acids is 2. The van der Waals surface area contributed by atoms with E-state index in [2.05, 4.69) is 14.5 Å². The number of nitrogens with zero attached hydrogens (tertiary/aromatic N) is 3. The minimum Gasteiger partial charge on any atom is -0.740 e. The molecule has 0 spiro atoms. The Morgan fingerprint density at radius 2 is 2.00 bits per heavy atom. The molecule has 23 heavy (non-hydrogen) atoms. The average Bonchev–Trinajstić information content (AvgIpc) is 2.90. The highest BCUT2D eigenvalue weighted by molar-refractivity contribution is 7.74. The SMILES string of the molecule is O=Nc1cn(C(=O)Oc2ccccc2)nc1NC(=O)OS(=O)[O-]. The predicted molar refractivity (Wildman–Crippen MR) is 74.6 cm³/mol. The van der Waals surface area contributed by atoms with E-state index in [-0.39, 0.29) is 5.75 Å². The van der Waals surface area contributed by atoms with Crippen molar-refractivity contribution in [3.63, 3.8) is 0 Å². The van der Waals surface area contributed by atoms with Crippen molar-refractivity contribution in [1.82, 2.24) is 9.78 Å². The smallest absolute Gasteiger partial charge is 0.440 e. The first-order valence-corrected chi connectivity index (χ1v) is 6.78. The summed E-state index contributed by atoms with van der Waals surface area (Å²) in [5.41, 5.74) is -0.427. The van der Waals surface area contributed by atoms with Gasteiger partial charge in [-0.05, 0) is 17.3 Å². The molecule has 1 aromatic heterocycles. The average molecular weight is 339 g/mol. The lowest BCUT2D eigenvalue weighted by Gasteiger charge is -2.05. The van der Waals surface area contributed by atoms with Gasteiger partial charge in [-0.15, -0.1) is 10.0 Å². The monoisotopic (exact) mass is 339 g/mol. The predicted octanol–water partition coefficient (Wildman–Crippen LogP) is 1.67. The van der Waals surface area contributed by atoms with Crippen molar-refractivity contribution in [1.29, 1.82) is 0 Å². The number of rotatable bonds is 4. The maximum Gasteiger partial charge on any atom is 0.440 e. The fourth-order valence-corrected chi connectivity index (χ4v) is 1.59. The van der Waals surface area contributed by atoms with Gasteiger partial charge < -0.3 is 13.5 Å². The van der Waals surface area contributed by atoms with Gasteiger partial charge >= 0.3 is 12.2 Å². The van der Waals surface area contributed by atoms with Crippen molar-refractivity contribution in [3.8, 4) is 5.75 Å². The number of amides is 1. The Morgan fingerprint density at radius 3 is 2.61 bits per heavy atom. The lowest BCUT2D eigenvalue weighted by atomic mass is 10.3. The minimum atomic E-state index is -3.10. The molecule has 120 valence electrons. The molecular weight excluding hydrogens is 332 g/mol. The summed E-state index contributed by atoms with van der Waals surface area (Å²) >= 11 is -3.10. The molecule has 0 radical (unpaired) electrons. The van der Waals surface area contributed by atoms with Gasteiger partial charge in [-0.1, -0.05) is 18.2 Å². The van der Waals surface area contributed by atoms with Crippen molar-refractivity contribution < 1.29 is 27.3 Å². The molecule has 1 aromatic carbocycles. The van der Waals surface area contributed by atoms with E-state index in [1.807, 2.05) is 5.32 Å². The third-order valence-electron chi connectivity index (χ3n) is 2.29. The zero-order valence-corrected chi connectivity index (χ0v) is 11.9. The Balaban J connectivity index is 2.14. The molecular formula is C11H7N4O7S-. The van der Waals surface area contributed by atoms with Gasteiger partial charge in [0, 0.05) is 0 Å². The number of hydrogen-bond donors (Lipinski definition) is 1. The van der Waals surface area contributed by atoms with Gasteiger partial charge in [0.2, 0.25) is 0 Å². The third kappa shape index (κ3) is 4.42. The lowest BCUT2D eigenvalue weighted by Crippen LogP contribution is -2.19. The fourth-order valence-electron chi connectivity index (χ4n) is 1.43. The number of carbonyl (C=O) groups is 2. The number of nitroso groups, excluding NO2 is 1. The highest BCUT2D eigenvalue weighted by Gasteiger charge is 2.18. The van der Waals surface area contributed by atoms with E-state index < -0.39 is 35.1 Å². The highest BCUT2D eigenvalue weighted by Crippen LogP contribution is 2.23. The summed E-state index contributed by atoms with van der Waals surface area (Å²) in [7, 11) is 0. The topological polar surface area (TPSA) is 152 Å². The summed E-state index contributed by atoms with van der Waals surface area (Å²) in [6.45, 7) is 0. The van der Waals surface area contributed by atoms with Crippen LogP contribution in [0.4, 0.5) is 21.1 Å². The molecule has 0 aliphatic carbocycles. The third-order valence-corrected chi connectivity index (χ3v) is 2.58. The molecule has 12 heteroatoms. The van der Waals surface area contributed by atoms with Crippen LogP contribution in [-0.4, -0.2) is 30.7 Å². The largest absolute Gasteiger partial charge is 0.740 e. The van der Waals surface area contributed by atoms with Crippen LogP contribution in [0.3, 0.4) is 0 Å². The number of ether oxygens (including phenoxy) is 1. The summed E-state index contributed by atoms with van der Waals surface area (Å²) < 4.78 is 29.7. The molecule has 11 nitrogen and oxygen atoms in total. The van der Waals surface area contributed by atoms with E-state index in [0.717, 1.165) is 6.20 Å². The summed E-state index contributed by atoms with van der Waals surface area (Å²) in [5, 5.41) is 7.95. The first-order valence-electron chi connectivity index (χ1n) is 5.78. The molecule has 0 bridgehead atoms. The van der Waals surface area contributed by atoms with Gasteiger partial charge in [0.05, 0.1) is 6.20 Å². The van der Waals surface area contributed by atoms with E-state index in [1.54, 1.807) is 18.2 Å². The summed E-state index contributed by atoms with van der Waals surface area (Å²) in [6, 6.07) is 8.01. The van der Waals surface area contributed by atoms with Gasteiger partial charge in [0.25, 0.3) is 0 Å². The number of para-hydroxylation sites is 1. The molecule has 0 fully saturated rings. The van der Waals surface area contributed by atoms with Crippen molar-refractivity contribution in [3.05, 3.63) is 41.4 Å². The summed E-state index contributed by atoms with van der Waals surface area (Å²) in [4.78, 5) is 33.6. The van der Waals surface area contributed by atoms with Crippen LogP contribution < -0.4 is 10.1 Å². The van der Waals surface area contributed by atoms with Crippen molar-refractivity contribution in [2.75, 3.05) is 5.32 Å². The quantitative estimate of drug-likeness (QED) is 0.652. The summed E-state index contributed by atoms with van der Waals surface area (Å²) in [6.07, 6.45) is -1.51. The maximum absolute atomic E-state index is 11.9. The zero-order chi connectivity index (χ0) is 16.8. The van der Waals surface area contributed by atoms with Crippen molar-refractivity contribution in [2.45, 2.75) is 0 Å². The molecule has 0 aliphatic heterocycles. The Kier molecular flexibility index (Phi) is 5.11. The number of benzene rings is 1. The molecule has 2 aromatic rings. The Labute approximate surface area is 130 Å². The van der Waals surface area contributed by atoms with Crippen molar-refractivity contribution >= 4 is 35.1 Å². The van der Waals surface area contributed by atoms with E-state index in [4.69, 9.17) is 4.74 Å². The first kappa shape index (κ1) is 16.3. The van der Waals surface area contributed by atoms with Crippen LogP contribution in [0, 0.1) is 4.91 Å². The molecule has 1 atom stereocenters. The fraction of sp³-hybridized carbons (Fsp3) is 0. The number of hydrogen-bond acceptors (Lipinski definition) is 9. The number of nitrogens with one attached hydrogen (secondary N) is 1. The van der Waals surface area contributed by atoms with E-state index in [0.29, 0.717) is 4.68 Å². The van der Waals surface area contributed by atoms with Gasteiger partial charge in [-0.25, -0.2) is 13.8 Å². The van der Waals surface area contributed by atoms with Gasteiger partial charge in [0.15, 0.2) is 11.5 Å². The number of anilines is 1. The highest BCUT2D eigenvalue weighted by atomic mass is 32.2. The van der Waals surface area contributed by atoms with E-state index in [9.17, 15) is 23.3 Å². The molecule has 0 saturated heterocycles. The van der Waals surface area contributed by atoms with Gasteiger partial charge in [0.1, 0.15) is 17.1 Å². The number of aromatic nitrogens is 2. The second kappa shape index (κ2) is 7.24. The van der Waals surface area contributed by atoms with Crippen LogP contribution in [0.15, 0.2) is 41.7 Å². The molecule has 1 unspecified atom stereocenters. The maximum atomic E-state index is 11.9. The molecule has 1 N–H and O–H groups in total. The minimum absolute atomic E-state index is 0.226. The first-order chi connectivity index (χ1) is 11.0. The van der Waals surface area contributed by atoms with Crippen LogP contribution in [0.1, 0.15) is 0 Å². The second-order valence-electron chi connectivity index (χ2n) is 3.78. The second-order valence-corrected chi connectivity index (χ2v) is 4.35. The normalized spacial score (nSPS) is 11.3. The van der Waals surface area contributed by atoms with Crippen LogP contribution in [-0.2, 0) is 15.5 Å². The van der Waals surface area contributed by atoms with Crippen LogP contribution in [0.2, 0.25) is 0 Å². The molecule has 0 aliphatic rings. The lowest BCUT2D eigenvalue weighted by molar-refractivity contribution is 0.198. The van der Waals surface area contributed by atoms with Gasteiger partial charge in [-0.2, -0.15) is 4.68 Å². The van der Waals surface area contributed by atoms with Crippen molar-refractivity contribution in [2.24, 2.45) is 5.18 Å². The van der Waals surface area contributed by atoms with Crippen LogP contribution in [0.25, 0.3) is 0 Å². The van der Waals surface area contributed by atoms with E-state index >= 15 is 0 Å². The van der Waals surface area contributed by atoms with Crippen LogP contribution in [0.5, 0.6) is 5.75 Å². The summed E-state index contributed by atoms with van der Waals surface area (Å²) in [5.74, 6) is -0.246. The molecule has 1 heterocycles. The Hall–Kier alpha value is -3.12. The Morgan fingerprint density at radius 1 is 1.30 bits per heavy atom. The molecule has 2 rings (SSSR count). The zero-order valence-electron chi connectivity index (χ0n) is 11.1.